The molecule has 1 saturated carbocycles. The molecule has 0 aliphatic heterocycles. The minimum atomic E-state index is 0.472. The molecule has 0 atom stereocenters. The van der Waals surface area contributed by atoms with E-state index in [9.17, 15) is 0 Å². The molecule has 1 fully saturated rings. The highest BCUT2D eigenvalue weighted by Crippen LogP contribution is 2.35. The van der Waals surface area contributed by atoms with Crippen molar-refractivity contribution >= 4 is 5.69 Å². The number of rotatable bonds is 5. The summed E-state index contributed by atoms with van der Waals surface area (Å²) in [5.74, 6) is 0.876. The van der Waals surface area contributed by atoms with E-state index in [1.165, 1.54) is 37.7 Å². The van der Waals surface area contributed by atoms with Gasteiger partial charge in [0.25, 0.3) is 0 Å². The molecule has 1 aliphatic rings. The number of hydrogen-bond donors (Lipinski definition) is 2. The molecular weight excluding hydrogens is 236 g/mol. The van der Waals surface area contributed by atoms with Crippen molar-refractivity contribution in [2.45, 2.75) is 45.6 Å². The summed E-state index contributed by atoms with van der Waals surface area (Å²) in [7, 11) is 1.70. The minimum absolute atomic E-state index is 0.472. The van der Waals surface area contributed by atoms with Gasteiger partial charge in [-0.1, -0.05) is 32.3 Å². The molecule has 1 aromatic carbocycles. The summed E-state index contributed by atoms with van der Waals surface area (Å²) in [5, 5.41) is 3.59. The van der Waals surface area contributed by atoms with E-state index >= 15 is 0 Å². The second-order valence-electron chi connectivity index (χ2n) is 6.05. The fraction of sp³-hybridized carbons (Fsp3) is 0.625. The lowest BCUT2D eigenvalue weighted by atomic mass is 9.76. The van der Waals surface area contributed by atoms with Gasteiger partial charge >= 0.3 is 0 Å². The monoisotopic (exact) mass is 262 g/mol. The highest BCUT2D eigenvalue weighted by Gasteiger charge is 2.26. The molecular formula is C16H26N2O. The van der Waals surface area contributed by atoms with Gasteiger partial charge in [-0.25, -0.2) is 0 Å². The van der Waals surface area contributed by atoms with Crippen molar-refractivity contribution in [3.8, 4) is 5.75 Å². The number of methoxy groups -OCH3 is 1. The van der Waals surface area contributed by atoms with Gasteiger partial charge in [0.15, 0.2) is 0 Å². The van der Waals surface area contributed by atoms with Gasteiger partial charge < -0.3 is 15.8 Å². The van der Waals surface area contributed by atoms with Crippen LogP contribution in [-0.4, -0.2) is 13.7 Å². The lowest BCUT2D eigenvalue weighted by molar-refractivity contribution is 0.207. The van der Waals surface area contributed by atoms with Crippen LogP contribution in [0.5, 0.6) is 5.75 Å². The molecule has 0 bridgehead atoms. The van der Waals surface area contributed by atoms with Crippen molar-refractivity contribution < 1.29 is 4.74 Å². The first-order chi connectivity index (χ1) is 9.13. The molecule has 0 aromatic heterocycles. The molecule has 3 nitrogen and oxygen atoms in total. The summed E-state index contributed by atoms with van der Waals surface area (Å²) in [6, 6.07) is 5.87. The number of nitrogen functional groups attached to an aromatic ring is 1. The van der Waals surface area contributed by atoms with E-state index in [0.717, 1.165) is 24.5 Å². The van der Waals surface area contributed by atoms with Gasteiger partial charge in [-0.15, -0.1) is 0 Å². The molecule has 0 heterocycles. The van der Waals surface area contributed by atoms with Crippen LogP contribution in [0.25, 0.3) is 0 Å². The number of nitrogens with two attached hydrogens (primary N) is 1. The zero-order chi connectivity index (χ0) is 13.7. The van der Waals surface area contributed by atoms with Crippen molar-refractivity contribution in [2.75, 3.05) is 19.4 Å². The van der Waals surface area contributed by atoms with Gasteiger partial charge in [0, 0.05) is 30.4 Å². The minimum Gasteiger partial charge on any atom is -0.496 e. The van der Waals surface area contributed by atoms with Gasteiger partial charge in [0.1, 0.15) is 5.75 Å². The van der Waals surface area contributed by atoms with Crippen LogP contribution in [0.2, 0.25) is 0 Å². The van der Waals surface area contributed by atoms with Gasteiger partial charge in [0.05, 0.1) is 7.11 Å². The van der Waals surface area contributed by atoms with Crippen LogP contribution in [0.1, 0.15) is 44.6 Å². The summed E-state index contributed by atoms with van der Waals surface area (Å²) in [4.78, 5) is 0. The number of hydrogen-bond acceptors (Lipinski definition) is 3. The topological polar surface area (TPSA) is 47.3 Å². The number of nitrogens with one attached hydrogen (secondary N) is 1. The van der Waals surface area contributed by atoms with E-state index in [-0.39, 0.29) is 0 Å². The standard InChI is InChI=1S/C16H26N2O/c1-16(8-4-3-5-9-16)12-18-11-13-6-7-14(17)10-15(13)19-2/h6-7,10,18H,3-5,8-9,11-12,17H2,1-2H3. The summed E-state index contributed by atoms with van der Waals surface area (Å²) in [5.41, 5.74) is 8.17. The van der Waals surface area contributed by atoms with E-state index in [0.29, 0.717) is 5.41 Å². The van der Waals surface area contributed by atoms with Crippen molar-refractivity contribution in [1.29, 1.82) is 0 Å². The predicted octanol–water partition coefficient (Wildman–Crippen LogP) is 3.34. The average molecular weight is 262 g/mol. The first-order valence-electron chi connectivity index (χ1n) is 7.26. The second kappa shape index (κ2) is 6.29. The SMILES string of the molecule is COc1cc(N)ccc1CNCC1(C)CCCCC1. The van der Waals surface area contributed by atoms with Crippen molar-refractivity contribution in [1.82, 2.24) is 5.32 Å². The normalized spacial score (nSPS) is 18.2. The summed E-state index contributed by atoms with van der Waals surface area (Å²) < 4.78 is 5.37. The van der Waals surface area contributed by atoms with Gasteiger partial charge in [0.2, 0.25) is 0 Å². The maximum atomic E-state index is 5.77. The van der Waals surface area contributed by atoms with Crippen LogP contribution >= 0.6 is 0 Å². The molecule has 0 saturated heterocycles. The third-order valence-electron chi connectivity index (χ3n) is 4.24. The molecule has 0 radical (unpaired) electrons. The molecule has 1 aliphatic carbocycles. The molecule has 19 heavy (non-hydrogen) atoms. The van der Waals surface area contributed by atoms with E-state index in [1.807, 2.05) is 18.2 Å². The van der Waals surface area contributed by atoms with Gasteiger partial charge in [-0.3, -0.25) is 0 Å². The number of anilines is 1. The Balaban J connectivity index is 1.88. The molecule has 1 aromatic rings. The second-order valence-corrected chi connectivity index (χ2v) is 6.05. The van der Waals surface area contributed by atoms with Crippen LogP contribution < -0.4 is 15.8 Å². The van der Waals surface area contributed by atoms with Crippen molar-refractivity contribution in [3.63, 3.8) is 0 Å². The van der Waals surface area contributed by atoms with E-state index in [1.54, 1.807) is 7.11 Å². The molecule has 0 spiro atoms. The Labute approximate surface area is 116 Å². The maximum Gasteiger partial charge on any atom is 0.125 e. The van der Waals surface area contributed by atoms with Crippen LogP contribution in [0.4, 0.5) is 5.69 Å². The third kappa shape index (κ3) is 3.87. The molecule has 3 heteroatoms. The zero-order valence-electron chi connectivity index (χ0n) is 12.2. The number of ether oxygens (including phenoxy) is 1. The highest BCUT2D eigenvalue weighted by molar-refractivity contribution is 5.48. The Hall–Kier alpha value is -1.22. The van der Waals surface area contributed by atoms with Crippen LogP contribution in [0.15, 0.2) is 18.2 Å². The Morgan fingerprint density at radius 3 is 2.68 bits per heavy atom. The maximum absolute atomic E-state index is 5.77. The predicted molar refractivity (Wildman–Crippen MR) is 80.3 cm³/mol. The average Bonchev–Trinajstić information content (AvgIpc) is 2.41. The third-order valence-corrected chi connectivity index (χ3v) is 4.24. The van der Waals surface area contributed by atoms with Crippen LogP contribution in [0, 0.1) is 5.41 Å². The lowest BCUT2D eigenvalue weighted by Crippen LogP contribution is -2.33. The Morgan fingerprint density at radius 1 is 1.26 bits per heavy atom. The largest absolute Gasteiger partial charge is 0.496 e. The highest BCUT2D eigenvalue weighted by atomic mass is 16.5. The van der Waals surface area contributed by atoms with Crippen LogP contribution in [0.3, 0.4) is 0 Å². The quantitative estimate of drug-likeness (QED) is 0.800. The van der Waals surface area contributed by atoms with Gasteiger partial charge in [-0.2, -0.15) is 0 Å². The molecule has 0 unspecified atom stereocenters. The molecule has 106 valence electrons. The fourth-order valence-electron chi connectivity index (χ4n) is 2.99. The zero-order valence-corrected chi connectivity index (χ0v) is 12.2. The Kier molecular flexibility index (Phi) is 4.70. The molecule has 0 amide bonds. The molecule has 3 N–H and O–H groups in total. The number of benzene rings is 1. The fourth-order valence-corrected chi connectivity index (χ4v) is 2.99. The Bertz CT molecular complexity index is 411. The lowest BCUT2D eigenvalue weighted by Gasteiger charge is -2.33. The van der Waals surface area contributed by atoms with Crippen LogP contribution in [-0.2, 0) is 6.54 Å². The summed E-state index contributed by atoms with van der Waals surface area (Å²) >= 11 is 0. The summed E-state index contributed by atoms with van der Waals surface area (Å²) in [6.45, 7) is 4.33. The summed E-state index contributed by atoms with van der Waals surface area (Å²) in [6.07, 6.45) is 6.85. The Morgan fingerprint density at radius 2 is 2.00 bits per heavy atom. The first kappa shape index (κ1) is 14.2. The first-order valence-corrected chi connectivity index (χ1v) is 7.26. The molecule has 2 rings (SSSR count). The van der Waals surface area contributed by atoms with E-state index in [2.05, 4.69) is 12.2 Å². The van der Waals surface area contributed by atoms with Crippen molar-refractivity contribution in [3.05, 3.63) is 23.8 Å². The van der Waals surface area contributed by atoms with Gasteiger partial charge in [-0.05, 0) is 24.3 Å². The smallest absolute Gasteiger partial charge is 0.125 e. The van der Waals surface area contributed by atoms with E-state index in [4.69, 9.17) is 10.5 Å². The van der Waals surface area contributed by atoms with E-state index < -0.39 is 0 Å². The van der Waals surface area contributed by atoms with Crippen molar-refractivity contribution in [2.24, 2.45) is 5.41 Å².